The number of hydrogen-bond donors (Lipinski definition) is 0. The smallest absolute Gasteiger partial charge is 0.166 e. The normalized spacial score (nSPS) is 39.7. The minimum atomic E-state index is -0.331. The van der Waals surface area contributed by atoms with Gasteiger partial charge in [0.2, 0.25) is 0 Å². The van der Waals surface area contributed by atoms with Crippen LogP contribution in [0.15, 0.2) is 0 Å². The molecule has 0 spiro atoms. The van der Waals surface area contributed by atoms with Crippen LogP contribution < -0.4 is 0 Å². The van der Waals surface area contributed by atoms with Crippen LogP contribution in [0.5, 0.6) is 0 Å². The third-order valence-electron chi connectivity index (χ3n) is 2.85. The maximum atomic E-state index is 5.97. The highest BCUT2D eigenvalue weighted by Gasteiger charge is 2.42. The minimum Gasteiger partial charge on any atom is -0.347 e. The van der Waals surface area contributed by atoms with Gasteiger partial charge in [-0.2, -0.15) is 0 Å². The van der Waals surface area contributed by atoms with E-state index in [2.05, 4.69) is 20.8 Å². The summed E-state index contributed by atoms with van der Waals surface area (Å²) in [6, 6.07) is 0. The van der Waals surface area contributed by atoms with Crippen LogP contribution in [0.4, 0.5) is 0 Å². The summed E-state index contributed by atoms with van der Waals surface area (Å²) in [5.41, 5.74) is -0.0409. The van der Waals surface area contributed by atoms with Crippen molar-refractivity contribution in [2.75, 3.05) is 6.61 Å². The Hall–Kier alpha value is -0.0800. The average molecular weight is 186 g/mol. The predicted molar refractivity (Wildman–Crippen MR) is 53.7 cm³/mol. The molecule has 2 unspecified atom stereocenters. The summed E-state index contributed by atoms with van der Waals surface area (Å²) in [6.45, 7) is 9.24. The molecule has 0 aromatic heterocycles. The van der Waals surface area contributed by atoms with E-state index in [1.807, 2.05) is 6.92 Å². The molecule has 0 bridgehead atoms. The van der Waals surface area contributed by atoms with Crippen LogP contribution in [0.1, 0.15) is 53.4 Å². The first-order chi connectivity index (χ1) is 6.04. The average Bonchev–Trinajstić information content (AvgIpc) is 2.41. The van der Waals surface area contributed by atoms with Crippen molar-refractivity contribution in [1.82, 2.24) is 0 Å². The lowest BCUT2D eigenvalue weighted by Crippen LogP contribution is -2.32. The van der Waals surface area contributed by atoms with Crippen molar-refractivity contribution in [3.63, 3.8) is 0 Å². The number of hydrogen-bond acceptors (Lipinski definition) is 2. The summed E-state index contributed by atoms with van der Waals surface area (Å²) in [4.78, 5) is 0. The third-order valence-corrected chi connectivity index (χ3v) is 2.85. The van der Waals surface area contributed by atoms with Crippen molar-refractivity contribution < 1.29 is 9.47 Å². The van der Waals surface area contributed by atoms with Gasteiger partial charge in [-0.05, 0) is 26.7 Å². The molecule has 2 atom stereocenters. The monoisotopic (exact) mass is 186 g/mol. The first-order valence-corrected chi connectivity index (χ1v) is 5.38. The van der Waals surface area contributed by atoms with E-state index in [-0.39, 0.29) is 11.4 Å². The second-order valence-electron chi connectivity index (χ2n) is 4.43. The van der Waals surface area contributed by atoms with E-state index in [0.29, 0.717) is 0 Å². The van der Waals surface area contributed by atoms with Crippen molar-refractivity contribution in [2.24, 2.45) is 0 Å². The van der Waals surface area contributed by atoms with Crippen molar-refractivity contribution in [2.45, 2.75) is 64.8 Å². The molecule has 2 heteroatoms. The largest absolute Gasteiger partial charge is 0.347 e. The van der Waals surface area contributed by atoms with E-state index in [9.17, 15) is 0 Å². The highest BCUT2D eigenvalue weighted by atomic mass is 16.8. The summed E-state index contributed by atoms with van der Waals surface area (Å²) < 4.78 is 11.6. The second kappa shape index (κ2) is 3.97. The molecular formula is C11H22O2. The van der Waals surface area contributed by atoms with Gasteiger partial charge in [0.15, 0.2) is 5.79 Å². The first-order valence-electron chi connectivity index (χ1n) is 5.38. The molecule has 1 heterocycles. The van der Waals surface area contributed by atoms with Gasteiger partial charge < -0.3 is 9.47 Å². The molecule has 78 valence electrons. The molecular weight excluding hydrogens is 164 g/mol. The quantitative estimate of drug-likeness (QED) is 0.671. The molecule has 0 aromatic rings. The lowest BCUT2D eigenvalue weighted by molar-refractivity contribution is -0.174. The van der Waals surface area contributed by atoms with Crippen LogP contribution in [-0.4, -0.2) is 18.0 Å². The van der Waals surface area contributed by atoms with Crippen LogP contribution in [0.2, 0.25) is 0 Å². The molecule has 0 aliphatic carbocycles. The molecule has 2 nitrogen and oxygen atoms in total. The maximum Gasteiger partial charge on any atom is 0.166 e. The summed E-state index contributed by atoms with van der Waals surface area (Å²) in [5, 5.41) is 0. The third kappa shape index (κ3) is 2.68. The molecule has 0 aromatic carbocycles. The Labute approximate surface area is 81.6 Å². The number of ether oxygens (including phenoxy) is 2. The Morgan fingerprint density at radius 3 is 2.38 bits per heavy atom. The molecule has 0 amide bonds. The van der Waals surface area contributed by atoms with Crippen molar-refractivity contribution >= 4 is 0 Å². The Morgan fingerprint density at radius 1 is 1.23 bits per heavy atom. The fourth-order valence-corrected chi connectivity index (χ4v) is 1.73. The standard InChI is InChI=1S/C11H22O2/c1-5-7-8-10(3)9-12-11(4,6-2)13-10/h5-9H2,1-4H3. The number of rotatable bonds is 4. The summed E-state index contributed by atoms with van der Waals surface area (Å²) in [7, 11) is 0. The molecule has 0 N–H and O–H groups in total. The Kier molecular flexibility index (Phi) is 3.36. The Bertz CT molecular complexity index is 165. The van der Waals surface area contributed by atoms with Gasteiger partial charge in [-0.15, -0.1) is 0 Å². The van der Waals surface area contributed by atoms with Crippen molar-refractivity contribution in [3.05, 3.63) is 0 Å². The fourth-order valence-electron chi connectivity index (χ4n) is 1.73. The van der Waals surface area contributed by atoms with Crippen LogP contribution in [0, 0.1) is 0 Å². The van der Waals surface area contributed by atoms with Crippen LogP contribution in [0.3, 0.4) is 0 Å². The molecule has 1 fully saturated rings. The molecule has 1 aliphatic rings. The van der Waals surface area contributed by atoms with E-state index in [1.165, 1.54) is 12.8 Å². The van der Waals surface area contributed by atoms with Gasteiger partial charge in [-0.1, -0.05) is 26.7 Å². The lowest BCUT2D eigenvalue weighted by Gasteiger charge is -2.26. The van der Waals surface area contributed by atoms with Crippen molar-refractivity contribution in [3.8, 4) is 0 Å². The van der Waals surface area contributed by atoms with Gasteiger partial charge in [-0.3, -0.25) is 0 Å². The van der Waals surface area contributed by atoms with Gasteiger partial charge in [-0.25, -0.2) is 0 Å². The van der Waals surface area contributed by atoms with Crippen molar-refractivity contribution in [1.29, 1.82) is 0 Å². The SMILES string of the molecule is CCCCC1(C)COC(C)(CC)O1. The first kappa shape index (κ1) is 11.0. The van der Waals surface area contributed by atoms with Gasteiger partial charge in [0.05, 0.1) is 12.2 Å². The Morgan fingerprint density at radius 2 is 1.92 bits per heavy atom. The van der Waals surface area contributed by atoms with Gasteiger partial charge >= 0.3 is 0 Å². The van der Waals surface area contributed by atoms with Gasteiger partial charge in [0.1, 0.15) is 0 Å². The van der Waals surface area contributed by atoms with Gasteiger partial charge in [0.25, 0.3) is 0 Å². The Balaban J connectivity index is 2.46. The van der Waals surface area contributed by atoms with E-state index in [4.69, 9.17) is 9.47 Å². The van der Waals surface area contributed by atoms with E-state index < -0.39 is 0 Å². The van der Waals surface area contributed by atoms with Crippen LogP contribution in [0.25, 0.3) is 0 Å². The fraction of sp³-hybridized carbons (Fsp3) is 1.00. The van der Waals surface area contributed by atoms with Crippen LogP contribution in [-0.2, 0) is 9.47 Å². The molecule has 0 saturated carbocycles. The predicted octanol–water partition coefficient (Wildman–Crippen LogP) is 3.11. The minimum absolute atomic E-state index is 0.0409. The summed E-state index contributed by atoms with van der Waals surface area (Å²) >= 11 is 0. The van der Waals surface area contributed by atoms with Crippen LogP contribution >= 0.6 is 0 Å². The highest BCUT2D eigenvalue weighted by molar-refractivity contribution is 4.84. The maximum absolute atomic E-state index is 5.97. The molecule has 13 heavy (non-hydrogen) atoms. The summed E-state index contributed by atoms with van der Waals surface area (Å²) in [5.74, 6) is -0.331. The summed E-state index contributed by atoms with van der Waals surface area (Å²) in [6.07, 6.45) is 4.48. The van der Waals surface area contributed by atoms with Gasteiger partial charge in [0, 0.05) is 0 Å². The topological polar surface area (TPSA) is 18.5 Å². The van der Waals surface area contributed by atoms with E-state index >= 15 is 0 Å². The second-order valence-corrected chi connectivity index (χ2v) is 4.43. The zero-order valence-electron chi connectivity index (χ0n) is 9.35. The molecule has 0 radical (unpaired) electrons. The molecule has 1 rings (SSSR count). The number of unbranched alkanes of at least 4 members (excludes halogenated alkanes) is 1. The molecule has 1 aliphatic heterocycles. The molecule has 1 saturated heterocycles. The van der Waals surface area contributed by atoms with E-state index in [0.717, 1.165) is 19.4 Å². The van der Waals surface area contributed by atoms with E-state index in [1.54, 1.807) is 0 Å². The zero-order chi connectivity index (χ0) is 9.95. The lowest BCUT2D eigenvalue weighted by atomic mass is 10.0. The highest BCUT2D eigenvalue weighted by Crippen LogP contribution is 2.36. The zero-order valence-corrected chi connectivity index (χ0v) is 9.35.